The number of pyridine rings is 4. The molecule has 5 heterocycles. The first-order chi connectivity index (χ1) is 35.6. The van der Waals surface area contributed by atoms with Crippen LogP contribution in [-0.2, 0) is 0 Å². The summed E-state index contributed by atoms with van der Waals surface area (Å²) in [5, 5.41) is 0. The Labute approximate surface area is 418 Å². The Morgan fingerprint density at radius 3 is 0.708 bits per heavy atom. The van der Waals surface area contributed by atoms with Crippen molar-refractivity contribution in [3.63, 3.8) is 0 Å². The van der Waals surface area contributed by atoms with Crippen LogP contribution in [0.3, 0.4) is 0 Å². The molecule has 0 aliphatic carbocycles. The summed E-state index contributed by atoms with van der Waals surface area (Å²) in [6, 6.07) is 81.4. The van der Waals surface area contributed by atoms with E-state index in [-0.39, 0.29) is 0 Å². The first-order valence-corrected chi connectivity index (χ1v) is 23.8. The van der Waals surface area contributed by atoms with Crippen molar-refractivity contribution in [2.24, 2.45) is 0 Å². The minimum atomic E-state index is 0.529. The maximum Gasteiger partial charge on any atom is 0.164 e. The molecule has 0 aliphatic heterocycles. The average Bonchev–Trinajstić information content (AvgIpc) is 3.48. The largest absolute Gasteiger partial charge is 0.256 e. The third kappa shape index (κ3) is 9.33. The monoisotopic (exact) mass is 921 g/mol. The van der Waals surface area contributed by atoms with Crippen LogP contribution in [0, 0.1) is 0 Å². The van der Waals surface area contributed by atoms with Gasteiger partial charge in [0.15, 0.2) is 17.5 Å². The van der Waals surface area contributed by atoms with Gasteiger partial charge in [-0.1, -0.05) is 133 Å². The van der Waals surface area contributed by atoms with E-state index < -0.39 is 0 Å². The van der Waals surface area contributed by atoms with Crippen LogP contribution in [0.2, 0.25) is 0 Å². The number of hydrogen-bond acceptors (Lipinski definition) is 7. The van der Waals surface area contributed by atoms with Gasteiger partial charge < -0.3 is 0 Å². The van der Waals surface area contributed by atoms with Crippen molar-refractivity contribution in [2.75, 3.05) is 0 Å². The summed E-state index contributed by atoms with van der Waals surface area (Å²) in [7, 11) is 0. The van der Waals surface area contributed by atoms with Crippen molar-refractivity contribution in [3.8, 4) is 124 Å². The Bertz CT molecular complexity index is 3440. The van der Waals surface area contributed by atoms with E-state index in [4.69, 9.17) is 24.9 Å². The molecule has 0 spiro atoms. The second kappa shape index (κ2) is 19.6. The third-order valence-corrected chi connectivity index (χ3v) is 12.7. The fourth-order valence-corrected chi connectivity index (χ4v) is 9.06. The Hall–Kier alpha value is -9.85. The van der Waals surface area contributed by atoms with Crippen LogP contribution >= 0.6 is 0 Å². The molecule has 0 radical (unpaired) electrons. The van der Waals surface area contributed by atoms with Gasteiger partial charge in [-0.05, 0) is 148 Å². The summed E-state index contributed by atoms with van der Waals surface area (Å²) in [5.41, 5.74) is 18.3. The second-order valence-corrected chi connectivity index (χ2v) is 17.5. The minimum absolute atomic E-state index is 0.529. The highest BCUT2D eigenvalue weighted by Crippen LogP contribution is 2.38. The van der Waals surface area contributed by atoms with E-state index in [2.05, 4.69) is 162 Å². The zero-order valence-corrected chi connectivity index (χ0v) is 39.0. The van der Waals surface area contributed by atoms with Crippen molar-refractivity contribution in [1.82, 2.24) is 34.9 Å². The summed E-state index contributed by atoms with van der Waals surface area (Å²) in [5.74, 6) is 1.59. The second-order valence-electron chi connectivity index (χ2n) is 17.5. The van der Waals surface area contributed by atoms with Gasteiger partial charge in [0.05, 0.1) is 22.8 Å². The number of hydrogen-bond donors (Lipinski definition) is 0. The van der Waals surface area contributed by atoms with E-state index in [1.165, 1.54) is 0 Å². The van der Waals surface area contributed by atoms with Crippen LogP contribution < -0.4 is 0 Å². The molecule has 0 unspecified atom stereocenters. The maximum absolute atomic E-state index is 5.44. The van der Waals surface area contributed by atoms with Gasteiger partial charge in [0.25, 0.3) is 0 Å². The quantitative estimate of drug-likeness (QED) is 0.128. The van der Waals surface area contributed by atoms with Crippen molar-refractivity contribution >= 4 is 0 Å². The molecule has 7 aromatic carbocycles. The average molecular weight is 922 g/mol. The van der Waals surface area contributed by atoms with E-state index in [0.717, 1.165) is 106 Å². The van der Waals surface area contributed by atoms with E-state index >= 15 is 0 Å². The first kappa shape index (κ1) is 43.4. The molecule has 0 amide bonds. The van der Waals surface area contributed by atoms with E-state index in [1.54, 1.807) is 0 Å². The Morgan fingerprint density at radius 2 is 0.403 bits per heavy atom. The summed E-state index contributed by atoms with van der Waals surface area (Å²) < 4.78 is 0. The molecule has 7 heteroatoms. The van der Waals surface area contributed by atoms with Crippen LogP contribution in [0.25, 0.3) is 124 Å². The molecule has 0 atom stereocenters. The molecule has 0 bridgehead atoms. The fourth-order valence-electron chi connectivity index (χ4n) is 9.06. The highest BCUT2D eigenvalue weighted by atomic mass is 15.0. The van der Waals surface area contributed by atoms with Crippen LogP contribution in [-0.4, -0.2) is 34.9 Å². The Kier molecular flexibility index (Phi) is 11.8. The molecule has 12 rings (SSSR count). The Morgan fingerprint density at radius 1 is 0.167 bits per heavy atom. The topological polar surface area (TPSA) is 90.2 Å². The van der Waals surface area contributed by atoms with Crippen molar-refractivity contribution in [2.45, 2.75) is 0 Å². The van der Waals surface area contributed by atoms with Crippen molar-refractivity contribution in [3.05, 3.63) is 261 Å². The summed E-state index contributed by atoms with van der Waals surface area (Å²) in [6.07, 6.45) is 7.30. The van der Waals surface area contributed by atoms with Gasteiger partial charge in [-0.3, -0.25) is 19.9 Å². The lowest BCUT2D eigenvalue weighted by atomic mass is 9.94. The van der Waals surface area contributed by atoms with Crippen molar-refractivity contribution < 1.29 is 0 Å². The molecule has 0 saturated heterocycles. The smallest absolute Gasteiger partial charge is 0.164 e. The molecule has 7 nitrogen and oxygen atoms in total. The molecule has 0 aliphatic rings. The first-order valence-electron chi connectivity index (χ1n) is 23.8. The van der Waals surface area contributed by atoms with E-state index in [1.807, 2.05) is 110 Å². The highest BCUT2D eigenvalue weighted by molar-refractivity contribution is 5.85. The standard InChI is InChI=1S/C65H43N7/c1-3-15-44(16-4-1)52-36-54(61-21-9-13-33-68-61)42-57(40-52)64-70-63(71-65(72-64)58-41-53(45-17-5-2-6-18-45)37-55(43-58)62-22-10-14-34-69-62)56-38-50(46-23-27-48(28-24-46)59-19-7-11-31-66-59)35-51(39-56)47-25-29-49(30-26-47)60-20-8-12-32-67-60/h1-43H. The molecule has 338 valence electrons. The number of aromatic nitrogens is 7. The molecule has 0 fully saturated rings. The van der Waals surface area contributed by atoms with Gasteiger partial charge in [0.2, 0.25) is 0 Å². The van der Waals surface area contributed by atoms with Crippen LogP contribution in [0.4, 0.5) is 0 Å². The van der Waals surface area contributed by atoms with Crippen LogP contribution in [0.5, 0.6) is 0 Å². The zero-order chi connectivity index (χ0) is 48.1. The van der Waals surface area contributed by atoms with Gasteiger partial charge in [-0.25, -0.2) is 15.0 Å². The number of nitrogens with zero attached hydrogens (tertiary/aromatic N) is 7. The van der Waals surface area contributed by atoms with Crippen LogP contribution in [0.1, 0.15) is 0 Å². The minimum Gasteiger partial charge on any atom is -0.256 e. The molecule has 72 heavy (non-hydrogen) atoms. The van der Waals surface area contributed by atoms with Gasteiger partial charge >= 0.3 is 0 Å². The summed E-state index contributed by atoms with van der Waals surface area (Å²) in [4.78, 5) is 35.1. The lowest BCUT2D eigenvalue weighted by Crippen LogP contribution is -2.02. The van der Waals surface area contributed by atoms with Gasteiger partial charge in [0.1, 0.15) is 0 Å². The van der Waals surface area contributed by atoms with E-state index in [9.17, 15) is 0 Å². The maximum atomic E-state index is 5.44. The molecule has 12 aromatic rings. The zero-order valence-electron chi connectivity index (χ0n) is 39.0. The van der Waals surface area contributed by atoms with E-state index in [0.29, 0.717) is 17.5 Å². The predicted molar refractivity (Wildman–Crippen MR) is 291 cm³/mol. The molecular formula is C65H43N7. The number of benzene rings is 7. The summed E-state index contributed by atoms with van der Waals surface area (Å²) in [6.45, 7) is 0. The SMILES string of the molecule is c1ccc(-c2cc(-c3ccccn3)cc(-c3nc(-c4cc(-c5ccc(-c6ccccn6)cc5)cc(-c5ccc(-c6ccccn6)cc5)c4)nc(-c4cc(-c5ccccc5)cc(-c5ccccn5)c4)n3)c2)cc1. The van der Waals surface area contributed by atoms with Gasteiger partial charge in [-0.15, -0.1) is 0 Å². The molecule has 5 aromatic heterocycles. The van der Waals surface area contributed by atoms with Crippen molar-refractivity contribution in [1.29, 1.82) is 0 Å². The summed E-state index contributed by atoms with van der Waals surface area (Å²) >= 11 is 0. The normalized spacial score (nSPS) is 11.1. The van der Waals surface area contributed by atoms with Gasteiger partial charge in [-0.2, -0.15) is 0 Å². The van der Waals surface area contributed by atoms with Crippen LogP contribution in [0.15, 0.2) is 261 Å². The molecule has 0 N–H and O–H groups in total. The molecule has 0 saturated carbocycles. The highest BCUT2D eigenvalue weighted by Gasteiger charge is 2.19. The van der Waals surface area contributed by atoms with Gasteiger partial charge in [0, 0.05) is 63.7 Å². The predicted octanol–water partition coefficient (Wildman–Crippen LogP) is 15.8. The number of rotatable bonds is 11. The fraction of sp³-hybridized carbons (Fsp3) is 0. The molecular weight excluding hydrogens is 879 g/mol. The Balaban J connectivity index is 1.09. The third-order valence-electron chi connectivity index (χ3n) is 12.7. The lowest BCUT2D eigenvalue weighted by Gasteiger charge is -2.15. The lowest BCUT2D eigenvalue weighted by molar-refractivity contribution is 1.07.